The van der Waals surface area contributed by atoms with Gasteiger partial charge in [0.25, 0.3) is 0 Å². The van der Waals surface area contributed by atoms with Crippen molar-refractivity contribution in [3.05, 3.63) is 59.4 Å². The predicted octanol–water partition coefficient (Wildman–Crippen LogP) is 3.49. The number of nitrogens with zero attached hydrogens (tertiary/aromatic N) is 2. The third-order valence-electron chi connectivity index (χ3n) is 3.56. The molecule has 0 bridgehead atoms. The molecule has 0 saturated carbocycles. The molecule has 0 spiro atoms. The zero-order valence-corrected chi connectivity index (χ0v) is 11.6. The molecule has 2 aromatic rings. The summed E-state index contributed by atoms with van der Waals surface area (Å²) < 4.78 is 19.1. The van der Waals surface area contributed by atoms with Gasteiger partial charge in [0.15, 0.2) is 0 Å². The Hall–Kier alpha value is -2.54. The van der Waals surface area contributed by atoms with Crippen LogP contribution in [0.5, 0.6) is 5.75 Å². The van der Waals surface area contributed by atoms with Crippen LogP contribution in [0.4, 0.5) is 10.1 Å². The molecule has 1 aliphatic rings. The van der Waals surface area contributed by atoms with Crippen molar-refractivity contribution in [1.29, 1.82) is 5.26 Å². The molecule has 0 saturated heterocycles. The second kappa shape index (κ2) is 5.84. The van der Waals surface area contributed by atoms with Gasteiger partial charge in [0.2, 0.25) is 0 Å². The molecule has 106 valence electrons. The lowest BCUT2D eigenvalue weighted by atomic mass is 10.1. The van der Waals surface area contributed by atoms with Gasteiger partial charge in [-0.3, -0.25) is 0 Å². The Kier molecular flexibility index (Phi) is 3.74. The van der Waals surface area contributed by atoms with Crippen molar-refractivity contribution < 1.29 is 9.13 Å². The van der Waals surface area contributed by atoms with E-state index in [4.69, 9.17) is 10.00 Å². The van der Waals surface area contributed by atoms with Crippen molar-refractivity contribution in [2.75, 3.05) is 18.1 Å². The molecule has 3 rings (SSSR count). The summed E-state index contributed by atoms with van der Waals surface area (Å²) in [7, 11) is 0. The lowest BCUT2D eigenvalue weighted by Gasteiger charge is -2.24. The first-order chi connectivity index (χ1) is 10.3. The summed E-state index contributed by atoms with van der Waals surface area (Å²) in [5.41, 5.74) is 2.05. The smallest absolute Gasteiger partial charge is 0.142 e. The third-order valence-corrected chi connectivity index (χ3v) is 3.56. The van der Waals surface area contributed by atoms with Crippen LogP contribution in [-0.4, -0.2) is 13.2 Å². The van der Waals surface area contributed by atoms with Gasteiger partial charge in [-0.2, -0.15) is 5.26 Å². The molecule has 0 aromatic heterocycles. The van der Waals surface area contributed by atoms with Crippen molar-refractivity contribution in [2.24, 2.45) is 0 Å². The molecular formula is C17H15FN2O. The minimum atomic E-state index is -0.471. The van der Waals surface area contributed by atoms with E-state index >= 15 is 0 Å². The number of para-hydroxylation sites is 2. The molecule has 0 radical (unpaired) electrons. The fourth-order valence-corrected chi connectivity index (χ4v) is 2.54. The van der Waals surface area contributed by atoms with Crippen LogP contribution in [0.25, 0.3) is 0 Å². The number of ether oxygens (including phenoxy) is 1. The van der Waals surface area contributed by atoms with Gasteiger partial charge < -0.3 is 9.64 Å². The number of anilines is 1. The maximum absolute atomic E-state index is 13.4. The minimum Gasteiger partial charge on any atom is -0.491 e. The summed E-state index contributed by atoms with van der Waals surface area (Å²) in [4.78, 5) is 2.21. The molecule has 3 nitrogen and oxygen atoms in total. The van der Waals surface area contributed by atoms with E-state index in [-0.39, 0.29) is 5.56 Å². The lowest BCUT2D eigenvalue weighted by Crippen LogP contribution is -2.23. The normalized spacial score (nSPS) is 13.8. The van der Waals surface area contributed by atoms with E-state index in [0.717, 1.165) is 30.0 Å². The highest BCUT2D eigenvalue weighted by Gasteiger charge is 2.16. The van der Waals surface area contributed by atoms with Crippen LogP contribution in [0.15, 0.2) is 42.5 Å². The molecule has 0 unspecified atom stereocenters. The van der Waals surface area contributed by atoms with Crippen LogP contribution in [-0.2, 0) is 6.54 Å². The topological polar surface area (TPSA) is 36.3 Å². The zero-order chi connectivity index (χ0) is 14.7. The van der Waals surface area contributed by atoms with Crippen LogP contribution in [0.1, 0.15) is 17.5 Å². The number of hydrogen-bond donors (Lipinski definition) is 0. The summed E-state index contributed by atoms with van der Waals surface area (Å²) in [5.74, 6) is 0.401. The minimum absolute atomic E-state index is 0.0897. The van der Waals surface area contributed by atoms with E-state index in [2.05, 4.69) is 4.90 Å². The van der Waals surface area contributed by atoms with E-state index in [1.165, 1.54) is 6.07 Å². The fraction of sp³-hybridized carbons (Fsp3) is 0.235. The van der Waals surface area contributed by atoms with Gasteiger partial charge in [-0.05, 0) is 36.2 Å². The third kappa shape index (κ3) is 2.82. The Morgan fingerprint density at radius 1 is 1.24 bits per heavy atom. The van der Waals surface area contributed by atoms with Gasteiger partial charge in [-0.1, -0.05) is 18.2 Å². The highest BCUT2D eigenvalue weighted by molar-refractivity contribution is 5.59. The number of halogens is 1. The van der Waals surface area contributed by atoms with E-state index in [9.17, 15) is 4.39 Å². The molecule has 2 aromatic carbocycles. The maximum Gasteiger partial charge on any atom is 0.142 e. The van der Waals surface area contributed by atoms with Crippen LogP contribution in [0.3, 0.4) is 0 Å². The number of fused-ring (bicyclic) bond motifs is 1. The Bertz CT molecular complexity index is 693. The van der Waals surface area contributed by atoms with Crippen LogP contribution >= 0.6 is 0 Å². The predicted molar refractivity (Wildman–Crippen MR) is 78.7 cm³/mol. The molecular weight excluding hydrogens is 267 g/mol. The molecule has 4 heteroatoms. The van der Waals surface area contributed by atoms with Crippen molar-refractivity contribution in [1.82, 2.24) is 0 Å². The molecule has 1 aliphatic heterocycles. The van der Waals surface area contributed by atoms with E-state index in [1.54, 1.807) is 12.1 Å². The highest BCUT2D eigenvalue weighted by atomic mass is 19.1. The second-order valence-corrected chi connectivity index (χ2v) is 5.02. The lowest BCUT2D eigenvalue weighted by molar-refractivity contribution is 0.322. The van der Waals surface area contributed by atoms with Crippen molar-refractivity contribution in [3.63, 3.8) is 0 Å². The number of nitriles is 1. The Morgan fingerprint density at radius 2 is 2.10 bits per heavy atom. The summed E-state index contributed by atoms with van der Waals surface area (Å²) in [6.45, 7) is 2.20. The van der Waals surface area contributed by atoms with E-state index in [1.807, 2.05) is 30.3 Å². The van der Waals surface area contributed by atoms with Gasteiger partial charge in [-0.15, -0.1) is 0 Å². The van der Waals surface area contributed by atoms with Crippen LogP contribution in [0.2, 0.25) is 0 Å². The average molecular weight is 282 g/mol. The summed E-state index contributed by atoms with van der Waals surface area (Å²) in [5, 5.41) is 8.93. The Balaban J connectivity index is 1.89. The van der Waals surface area contributed by atoms with Gasteiger partial charge in [0.1, 0.15) is 17.6 Å². The van der Waals surface area contributed by atoms with Gasteiger partial charge >= 0.3 is 0 Å². The van der Waals surface area contributed by atoms with E-state index in [0.29, 0.717) is 13.2 Å². The van der Waals surface area contributed by atoms with Gasteiger partial charge in [0, 0.05) is 13.1 Å². The Labute approximate surface area is 123 Å². The monoisotopic (exact) mass is 282 g/mol. The van der Waals surface area contributed by atoms with Gasteiger partial charge in [-0.25, -0.2) is 4.39 Å². The first kappa shape index (κ1) is 13.4. The number of hydrogen-bond acceptors (Lipinski definition) is 3. The molecule has 0 aliphatic carbocycles. The SMILES string of the molecule is N#Cc1cc(CN2CCCOc3ccccc32)ccc1F. The van der Waals surface area contributed by atoms with Gasteiger partial charge in [0.05, 0.1) is 17.9 Å². The molecule has 0 fully saturated rings. The first-order valence-corrected chi connectivity index (χ1v) is 6.93. The molecule has 0 N–H and O–H groups in total. The molecule has 1 heterocycles. The highest BCUT2D eigenvalue weighted by Crippen LogP contribution is 2.31. The van der Waals surface area contributed by atoms with Crippen LogP contribution < -0.4 is 9.64 Å². The van der Waals surface area contributed by atoms with Crippen LogP contribution in [0, 0.1) is 17.1 Å². The largest absolute Gasteiger partial charge is 0.491 e. The number of benzene rings is 2. The summed E-state index contributed by atoms with van der Waals surface area (Å²) in [6, 6.07) is 14.5. The second-order valence-electron chi connectivity index (χ2n) is 5.02. The number of rotatable bonds is 2. The first-order valence-electron chi connectivity index (χ1n) is 6.93. The quantitative estimate of drug-likeness (QED) is 0.846. The standard InChI is InChI=1S/C17H15FN2O/c18-15-7-6-13(10-14(15)11-19)12-20-8-3-9-21-17-5-2-1-4-16(17)20/h1-2,4-7,10H,3,8-9,12H2. The van der Waals surface area contributed by atoms with Crippen molar-refractivity contribution in [3.8, 4) is 11.8 Å². The molecule has 0 amide bonds. The fourth-order valence-electron chi connectivity index (χ4n) is 2.54. The van der Waals surface area contributed by atoms with Crippen molar-refractivity contribution in [2.45, 2.75) is 13.0 Å². The van der Waals surface area contributed by atoms with E-state index < -0.39 is 5.82 Å². The average Bonchev–Trinajstić information content (AvgIpc) is 2.72. The molecule has 21 heavy (non-hydrogen) atoms. The molecule has 0 atom stereocenters. The van der Waals surface area contributed by atoms with Crippen molar-refractivity contribution >= 4 is 5.69 Å². The summed E-state index contributed by atoms with van der Waals surface area (Å²) in [6.07, 6.45) is 0.932. The summed E-state index contributed by atoms with van der Waals surface area (Å²) >= 11 is 0. The Morgan fingerprint density at radius 3 is 2.95 bits per heavy atom. The maximum atomic E-state index is 13.4. The zero-order valence-electron chi connectivity index (χ0n) is 11.6.